The van der Waals surface area contributed by atoms with Crippen LogP contribution in [0.2, 0.25) is 0 Å². The number of carboxylic acid groups (broad SMARTS) is 1. The number of hydrogen-bond donors (Lipinski definition) is 2. The second-order valence-electron chi connectivity index (χ2n) is 4.27. The van der Waals surface area contributed by atoms with Crippen LogP contribution in [0.4, 0.5) is 0 Å². The standard InChI is InChI=1S/C13H15NO2S/c1-8(2)14-7-9-6-11-10(13(15)16)4-3-5-12(11)17-9/h3-6,8,14H,7H2,1-2H3,(H,15,16). The summed E-state index contributed by atoms with van der Waals surface area (Å²) in [5.41, 5.74) is 0.384. The summed E-state index contributed by atoms with van der Waals surface area (Å²) in [6.07, 6.45) is 0. The van der Waals surface area contributed by atoms with Crippen molar-refractivity contribution in [1.82, 2.24) is 5.32 Å². The molecule has 0 atom stereocenters. The minimum atomic E-state index is -0.864. The second-order valence-corrected chi connectivity index (χ2v) is 5.44. The first kappa shape index (κ1) is 12.1. The molecule has 0 saturated heterocycles. The van der Waals surface area contributed by atoms with Gasteiger partial charge in [-0.25, -0.2) is 4.79 Å². The van der Waals surface area contributed by atoms with Gasteiger partial charge in [0.05, 0.1) is 5.56 Å². The summed E-state index contributed by atoms with van der Waals surface area (Å²) in [5, 5.41) is 13.3. The molecule has 1 aromatic carbocycles. The van der Waals surface area contributed by atoms with Gasteiger partial charge in [0.2, 0.25) is 0 Å². The molecule has 90 valence electrons. The van der Waals surface area contributed by atoms with Gasteiger partial charge in [-0.3, -0.25) is 0 Å². The van der Waals surface area contributed by atoms with Crippen LogP contribution in [0, 0.1) is 0 Å². The summed E-state index contributed by atoms with van der Waals surface area (Å²) in [5.74, 6) is -0.864. The smallest absolute Gasteiger partial charge is 0.336 e. The molecule has 2 aromatic rings. The molecule has 0 aliphatic rings. The maximum Gasteiger partial charge on any atom is 0.336 e. The Kier molecular flexibility index (Phi) is 3.45. The van der Waals surface area contributed by atoms with Gasteiger partial charge in [0.1, 0.15) is 0 Å². The molecular formula is C13H15NO2S. The molecule has 1 aromatic heterocycles. The lowest BCUT2D eigenvalue weighted by Gasteiger charge is -2.04. The Morgan fingerprint density at radius 2 is 2.24 bits per heavy atom. The van der Waals surface area contributed by atoms with E-state index in [0.29, 0.717) is 11.6 Å². The fourth-order valence-corrected chi connectivity index (χ4v) is 2.73. The molecule has 17 heavy (non-hydrogen) atoms. The summed E-state index contributed by atoms with van der Waals surface area (Å²) in [4.78, 5) is 12.2. The summed E-state index contributed by atoms with van der Waals surface area (Å²) in [6.45, 7) is 4.97. The van der Waals surface area contributed by atoms with Crippen LogP contribution in [0.15, 0.2) is 24.3 Å². The van der Waals surface area contributed by atoms with E-state index in [1.165, 1.54) is 4.88 Å². The van der Waals surface area contributed by atoms with E-state index in [4.69, 9.17) is 5.11 Å². The van der Waals surface area contributed by atoms with Crippen molar-refractivity contribution < 1.29 is 9.90 Å². The van der Waals surface area contributed by atoms with Gasteiger partial charge in [-0.05, 0) is 18.2 Å². The lowest BCUT2D eigenvalue weighted by molar-refractivity contribution is 0.0699. The van der Waals surface area contributed by atoms with Crippen LogP contribution in [-0.4, -0.2) is 17.1 Å². The van der Waals surface area contributed by atoms with Gasteiger partial charge in [0, 0.05) is 27.5 Å². The maximum absolute atomic E-state index is 11.1. The Labute approximate surface area is 104 Å². The Bertz CT molecular complexity index is 545. The van der Waals surface area contributed by atoms with E-state index in [9.17, 15) is 4.79 Å². The van der Waals surface area contributed by atoms with Gasteiger partial charge in [-0.1, -0.05) is 19.9 Å². The first-order valence-electron chi connectivity index (χ1n) is 5.56. The number of nitrogens with one attached hydrogen (secondary N) is 1. The molecule has 0 aliphatic carbocycles. The van der Waals surface area contributed by atoms with Gasteiger partial charge in [0.15, 0.2) is 0 Å². The van der Waals surface area contributed by atoms with Crippen molar-refractivity contribution in [2.24, 2.45) is 0 Å². The predicted molar refractivity (Wildman–Crippen MR) is 70.8 cm³/mol. The molecule has 0 fully saturated rings. The molecule has 0 amide bonds. The zero-order valence-corrected chi connectivity index (χ0v) is 10.7. The highest BCUT2D eigenvalue weighted by Crippen LogP contribution is 2.28. The number of thiophene rings is 1. The van der Waals surface area contributed by atoms with Crippen LogP contribution in [0.1, 0.15) is 29.1 Å². The first-order valence-corrected chi connectivity index (χ1v) is 6.37. The SMILES string of the molecule is CC(C)NCc1cc2c(C(=O)O)cccc2s1. The van der Waals surface area contributed by atoms with Crippen LogP contribution >= 0.6 is 11.3 Å². The molecule has 0 aliphatic heterocycles. The normalized spacial score (nSPS) is 11.2. The van der Waals surface area contributed by atoms with E-state index in [1.54, 1.807) is 23.5 Å². The molecule has 0 bridgehead atoms. The van der Waals surface area contributed by atoms with Gasteiger partial charge in [-0.15, -0.1) is 11.3 Å². The van der Waals surface area contributed by atoms with Crippen molar-refractivity contribution in [3.8, 4) is 0 Å². The van der Waals surface area contributed by atoms with Crippen LogP contribution in [0.25, 0.3) is 10.1 Å². The molecule has 2 rings (SSSR count). The molecule has 3 nitrogen and oxygen atoms in total. The van der Waals surface area contributed by atoms with Crippen molar-refractivity contribution >= 4 is 27.4 Å². The molecule has 1 heterocycles. The van der Waals surface area contributed by atoms with Crippen LogP contribution in [0.3, 0.4) is 0 Å². The molecule has 0 radical (unpaired) electrons. The monoisotopic (exact) mass is 249 g/mol. The van der Waals surface area contributed by atoms with Crippen LogP contribution < -0.4 is 5.32 Å². The largest absolute Gasteiger partial charge is 0.478 e. The highest BCUT2D eigenvalue weighted by atomic mass is 32.1. The lowest BCUT2D eigenvalue weighted by atomic mass is 10.1. The average Bonchev–Trinajstić information content (AvgIpc) is 2.68. The molecule has 0 saturated carbocycles. The van der Waals surface area contributed by atoms with E-state index in [-0.39, 0.29) is 0 Å². The van der Waals surface area contributed by atoms with Gasteiger partial charge < -0.3 is 10.4 Å². The van der Waals surface area contributed by atoms with Crippen molar-refractivity contribution in [1.29, 1.82) is 0 Å². The number of benzene rings is 1. The van der Waals surface area contributed by atoms with Crippen molar-refractivity contribution in [2.45, 2.75) is 26.4 Å². The third-order valence-corrected chi connectivity index (χ3v) is 3.63. The topological polar surface area (TPSA) is 49.3 Å². The molecule has 0 spiro atoms. The Balaban J connectivity index is 2.36. The quantitative estimate of drug-likeness (QED) is 0.875. The minimum Gasteiger partial charge on any atom is -0.478 e. The number of carbonyl (C=O) groups is 1. The van der Waals surface area contributed by atoms with Gasteiger partial charge in [0.25, 0.3) is 0 Å². The third-order valence-electron chi connectivity index (χ3n) is 2.53. The Morgan fingerprint density at radius 3 is 2.88 bits per heavy atom. The Morgan fingerprint density at radius 1 is 1.47 bits per heavy atom. The highest BCUT2D eigenvalue weighted by molar-refractivity contribution is 7.19. The zero-order chi connectivity index (χ0) is 12.4. The summed E-state index contributed by atoms with van der Waals surface area (Å²) in [6, 6.07) is 7.81. The number of fused-ring (bicyclic) bond motifs is 1. The maximum atomic E-state index is 11.1. The second kappa shape index (κ2) is 4.85. The van der Waals surface area contributed by atoms with Crippen LogP contribution in [0.5, 0.6) is 0 Å². The minimum absolute atomic E-state index is 0.384. The number of rotatable bonds is 4. The van der Waals surface area contributed by atoms with Crippen LogP contribution in [-0.2, 0) is 6.54 Å². The summed E-state index contributed by atoms with van der Waals surface area (Å²) < 4.78 is 1.03. The number of carboxylic acids is 1. The number of aromatic carboxylic acids is 1. The molecule has 2 N–H and O–H groups in total. The van der Waals surface area contributed by atoms with Crippen molar-refractivity contribution in [2.75, 3.05) is 0 Å². The van der Waals surface area contributed by atoms with Crippen molar-refractivity contribution in [3.05, 3.63) is 34.7 Å². The highest BCUT2D eigenvalue weighted by Gasteiger charge is 2.10. The van der Waals surface area contributed by atoms with E-state index in [1.807, 2.05) is 12.1 Å². The summed E-state index contributed by atoms with van der Waals surface area (Å²) in [7, 11) is 0. The summed E-state index contributed by atoms with van der Waals surface area (Å²) >= 11 is 1.64. The van der Waals surface area contributed by atoms with Crippen molar-refractivity contribution in [3.63, 3.8) is 0 Å². The fraction of sp³-hybridized carbons (Fsp3) is 0.308. The molecular weight excluding hydrogens is 234 g/mol. The first-order chi connectivity index (χ1) is 8.08. The Hall–Kier alpha value is -1.39. The van der Waals surface area contributed by atoms with E-state index in [0.717, 1.165) is 16.6 Å². The average molecular weight is 249 g/mol. The van der Waals surface area contributed by atoms with E-state index < -0.39 is 5.97 Å². The zero-order valence-electron chi connectivity index (χ0n) is 9.86. The van der Waals surface area contributed by atoms with E-state index in [2.05, 4.69) is 19.2 Å². The molecule has 4 heteroatoms. The number of hydrogen-bond acceptors (Lipinski definition) is 3. The molecule has 0 unspecified atom stereocenters. The fourth-order valence-electron chi connectivity index (χ4n) is 1.69. The van der Waals surface area contributed by atoms with Gasteiger partial charge in [-0.2, -0.15) is 0 Å². The predicted octanol–water partition coefficient (Wildman–Crippen LogP) is 3.10. The van der Waals surface area contributed by atoms with Gasteiger partial charge >= 0.3 is 5.97 Å². The third kappa shape index (κ3) is 2.65. The van der Waals surface area contributed by atoms with E-state index >= 15 is 0 Å². The lowest BCUT2D eigenvalue weighted by Crippen LogP contribution is -2.21.